The van der Waals surface area contributed by atoms with E-state index in [1.54, 1.807) is 0 Å². The fourth-order valence-corrected chi connectivity index (χ4v) is 3.80. The van der Waals surface area contributed by atoms with Crippen LogP contribution in [0.1, 0.15) is 44.0 Å². The van der Waals surface area contributed by atoms with Gasteiger partial charge in [0.05, 0.1) is 0 Å². The van der Waals surface area contributed by atoms with Gasteiger partial charge in [-0.25, -0.2) is 0 Å². The van der Waals surface area contributed by atoms with Gasteiger partial charge in [0.15, 0.2) is 0 Å². The van der Waals surface area contributed by atoms with E-state index in [1.165, 1.54) is 34.6 Å². The van der Waals surface area contributed by atoms with Crippen LogP contribution < -0.4 is 5.32 Å². The van der Waals surface area contributed by atoms with Gasteiger partial charge in [0.25, 0.3) is 0 Å². The van der Waals surface area contributed by atoms with Gasteiger partial charge in [0, 0.05) is 20.3 Å². The first-order chi connectivity index (χ1) is 9.74. The van der Waals surface area contributed by atoms with Crippen LogP contribution in [0.2, 0.25) is 0 Å². The molecule has 0 bridgehead atoms. The van der Waals surface area contributed by atoms with Crippen LogP contribution in [0.5, 0.6) is 0 Å². The standard InChI is InChI=1S/C17H22BrNS/c1-3-6-15(19-11-4-2)17-10-9-16(20-17)13-7-5-8-14(18)12-13/h5,7-10,12,15,19H,3-4,6,11H2,1-2H3. The second kappa shape index (κ2) is 7.96. The van der Waals surface area contributed by atoms with Gasteiger partial charge in [-0.05, 0) is 49.2 Å². The summed E-state index contributed by atoms with van der Waals surface area (Å²) in [6, 6.07) is 13.6. The van der Waals surface area contributed by atoms with E-state index in [4.69, 9.17) is 0 Å². The lowest BCUT2D eigenvalue weighted by Gasteiger charge is -2.16. The molecule has 2 rings (SSSR count). The second-order valence-electron chi connectivity index (χ2n) is 5.01. The minimum absolute atomic E-state index is 0.505. The van der Waals surface area contributed by atoms with Gasteiger partial charge in [-0.1, -0.05) is 48.3 Å². The zero-order valence-corrected chi connectivity index (χ0v) is 14.6. The highest BCUT2D eigenvalue weighted by Crippen LogP contribution is 2.34. The third kappa shape index (κ3) is 4.18. The highest BCUT2D eigenvalue weighted by Gasteiger charge is 2.13. The number of thiophene rings is 1. The van der Waals surface area contributed by atoms with E-state index in [9.17, 15) is 0 Å². The fourth-order valence-electron chi connectivity index (χ4n) is 2.29. The van der Waals surface area contributed by atoms with E-state index >= 15 is 0 Å². The van der Waals surface area contributed by atoms with Crippen LogP contribution in [-0.2, 0) is 0 Å². The van der Waals surface area contributed by atoms with Crippen molar-refractivity contribution >= 4 is 27.3 Å². The molecule has 3 heteroatoms. The molecule has 1 nitrogen and oxygen atoms in total. The SMILES string of the molecule is CCCNC(CCC)c1ccc(-c2cccc(Br)c2)s1. The molecule has 1 N–H and O–H groups in total. The van der Waals surface area contributed by atoms with E-state index in [0.29, 0.717) is 6.04 Å². The van der Waals surface area contributed by atoms with Gasteiger partial charge in [-0.2, -0.15) is 0 Å². The van der Waals surface area contributed by atoms with Crippen LogP contribution in [0.4, 0.5) is 0 Å². The minimum Gasteiger partial charge on any atom is -0.309 e. The van der Waals surface area contributed by atoms with Crippen molar-refractivity contribution < 1.29 is 0 Å². The van der Waals surface area contributed by atoms with Crippen LogP contribution in [-0.4, -0.2) is 6.54 Å². The summed E-state index contributed by atoms with van der Waals surface area (Å²) in [7, 11) is 0. The Morgan fingerprint density at radius 2 is 2.00 bits per heavy atom. The molecule has 0 saturated carbocycles. The smallest absolute Gasteiger partial charge is 0.0414 e. The molecular formula is C17H22BrNS. The molecule has 0 radical (unpaired) electrons. The summed E-state index contributed by atoms with van der Waals surface area (Å²) in [5.41, 5.74) is 1.29. The summed E-state index contributed by atoms with van der Waals surface area (Å²) < 4.78 is 1.14. The topological polar surface area (TPSA) is 12.0 Å². The number of halogens is 1. The molecule has 1 unspecified atom stereocenters. The number of rotatable bonds is 7. The fraction of sp³-hybridized carbons (Fsp3) is 0.412. The molecule has 1 heterocycles. The zero-order valence-electron chi connectivity index (χ0n) is 12.2. The maximum absolute atomic E-state index is 3.66. The van der Waals surface area contributed by atoms with Crippen molar-refractivity contribution in [2.45, 2.75) is 39.2 Å². The van der Waals surface area contributed by atoms with Crippen LogP contribution in [0.3, 0.4) is 0 Å². The normalized spacial score (nSPS) is 12.6. The Morgan fingerprint density at radius 1 is 1.15 bits per heavy atom. The number of hydrogen-bond donors (Lipinski definition) is 1. The summed E-state index contributed by atoms with van der Waals surface area (Å²) in [6.07, 6.45) is 3.61. The van der Waals surface area contributed by atoms with Crippen LogP contribution in [0.25, 0.3) is 10.4 Å². The van der Waals surface area contributed by atoms with Gasteiger partial charge >= 0.3 is 0 Å². The Bertz CT molecular complexity index is 535. The Balaban J connectivity index is 2.17. The van der Waals surface area contributed by atoms with Gasteiger partial charge < -0.3 is 5.32 Å². The summed E-state index contributed by atoms with van der Waals surface area (Å²) in [5, 5.41) is 3.66. The lowest BCUT2D eigenvalue weighted by atomic mass is 10.1. The first-order valence-electron chi connectivity index (χ1n) is 7.33. The molecule has 2 aromatic rings. The zero-order chi connectivity index (χ0) is 14.4. The Labute approximate surface area is 134 Å². The van der Waals surface area contributed by atoms with Crippen LogP contribution in [0.15, 0.2) is 40.9 Å². The molecule has 0 amide bonds. The van der Waals surface area contributed by atoms with Crippen molar-refractivity contribution in [1.82, 2.24) is 5.32 Å². The van der Waals surface area contributed by atoms with Gasteiger partial charge in [-0.15, -0.1) is 11.3 Å². The lowest BCUT2D eigenvalue weighted by Crippen LogP contribution is -2.21. The first-order valence-corrected chi connectivity index (χ1v) is 8.94. The maximum atomic E-state index is 3.66. The van der Waals surface area contributed by atoms with E-state index in [2.05, 4.69) is 71.5 Å². The van der Waals surface area contributed by atoms with Crippen LogP contribution >= 0.6 is 27.3 Å². The highest BCUT2D eigenvalue weighted by atomic mass is 79.9. The van der Waals surface area contributed by atoms with Crippen molar-refractivity contribution in [3.63, 3.8) is 0 Å². The summed E-state index contributed by atoms with van der Waals surface area (Å²) in [5.74, 6) is 0. The van der Waals surface area contributed by atoms with Gasteiger partial charge in [-0.3, -0.25) is 0 Å². The maximum Gasteiger partial charge on any atom is 0.0414 e. The van der Waals surface area contributed by atoms with Crippen molar-refractivity contribution in [2.24, 2.45) is 0 Å². The van der Waals surface area contributed by atoms with Gasteiger partial charge in [0.2, 0.25) is 0 Å². The minimum atomic E-state index is 0.505. The van der Waals surface area contributed by atoms with E-state index in [0.717, 1.165) is 11.0 Å². The number of nitrogens with one attached hydrogen (secondary N) is 1. The van der Waals surface area contributed by atoms with Crippen molar-refractivity contribution in [1.29, 1.82) is 0 Å². The van der Waals surface area contributed by atoms with Crippen molar-refractivity contribution in [2.75, 3.05) is 6.54 Å². The number of hydrogen-bond acceptors (Lipinski definition) is 2. The van der Waals surface area contributed by atoms with E-state index < -0.39 is 0 Å². The first kappa shape index (κ1) is 15.7. The Hall–Kier alpha value is -0.640. The molecule has 108 valence electrons. The monoisotopic (exact) mass is 351 g/mol. The number of benzene rings is 1. The third-order valence-corrected chi connectivity index (χ3v) is 5.04. The molecule has 1 aromatic heterocycles. The largest absolute Gasteiger partial charge is 0.309 e. The molecule has 1 atom stereocenters. The predicted octanol–water partition coefficient (Wildman–Crippen LogP) is 6.02. The summed E-state index contributed by atoms with van der Waals surface area (Å²) >= 11 is 5.46. The lowest BCUT2D eigenvalue weighted by molar-refractivity contribution is 0.501. The third-order valence-electron chi connectivity index (χ3n) is 3.30. The average molecular weight is 352 g/mol. The Morgan fingerprint density at radius 3 is 2.70 bits per heavy atom. The molecule has 0 aliphatic carbocycles. The quantitative estimate of drug-likeness (QED) is 0.643. The molecule has 0 saturated heterocycles. The molecule has 1 aromatic carbocycles. The molecular weight excluding hydrogens is 330 g/mol. The molecule has 0 aliphatic rings. The van der Waals surface area contributed by atoms with E-state index in [1.807, 2.05) is 11.3 Å². The van der Waals surface area contributed by atoms with Crippen molar-refractivity contribution in [3.8, 4) is 10.4 Å². The van der Waals surface area contributed by atoms with Crippen LogP contribution in [0, 0.1) is 0 Å². The van der Waals surface area contributed by atoms with Gasteiger partial charge in [0.1, 0.15) is 0 Å². The highest BCUT2D eigenvalue weighted by molar-refractivity contribution is 9.10. The summed E-state index contributed by atoms with van der Waals surface area (Å²) in [4.78, 5) is 2.80. The second-order valence-corrected chi connectivity index (χ2v) is 7.04. The molecule has 20 heavy (non-hydrogen) atoms. The molecule has 0 fully saturated rings. The summed E-state index contributed by atoms with van der Waals surface area (Å²) in [6.45, 7) is 5.57. The van der Waals surface area contributed by atoms with Crippen molar-refractivity contribution in [3.05, 3.63) is 45.7 Å². The average Bonchev–Trinajstić information content (AvgIpc) is 2.93. The van der Waals surface area contributed by atoms with E-state index in [-0.39, 0.29) is 0 Å². The molecule has 0 aliphatic heterocycles. The molecule has 0 spiro atoms. The predicted molar refractivity (Wildman–Crippen MR) is 93.4 cm³/mol. The Kier molecular flexibility index (Phi) is 6.27.